The maximum atomic E-state index is 9.53. The van der Waals surface area contributed by atoms with Crippen LogP contribution >= 0.6 is 22.7 Å². The van der Waals surface area contributed by atoms with E-state index in [1.54, 1.807) is 27.6 Å². The summed E-state index contributed by atoms with van der Waals surface area (Å²) >= 11 is 3.38. The molecule has 1 aliphatic rings. The van der Waals surface area contributed by atoms with Crippen LogP contribution in [0, 0.1) is 0 Å². The summed E-state index contributed by atoms with van der Waals surface area (Å²) in [6, 6.07) is 4.20. The van der Waals surface area contributed by atoms with Crippen LogP contribution in [0.2, 0.25) is 0 Å². The number of rotatable bonds is 8. The molecule has 0 aromatic carbocycles. The summed E-state index contributed by atoms with van der Waals surface area (Å²) in [5.41, 5.74) is 3.23. The van der Waals surface area contributed by atoms with Gasteiger partial charge in [-0.3, -0.25) is 0 Å². The van der Waals surface area contributed by atoms with Crippen molar-refractivity contribution in [3.63, 3.8) is 0 Å². The molecule has 1 saturated heterocycles. The van der Waals surface area contributed by atoms with E-state index in [2.05, 4.69) is 38.8 Å². The van der Waals surface area contributed by atoms with E-state index in [4.69, 9.17) is 9.94 Å². The third kappa shape index (κ3) is 9.03. The van der Waals surface area contributed by atoms with Gasteiger partial charge in [-0.25, -0.2) is 4.79 Å². The van der Waals surface area contributed by atoms with Gasteiger partial charge in [0, 0.05) is 28.0 Å². The molecule has 2 aromatic heterocycles. The molecule has 1 fully saturated rings. The zero-order chi connectivity index (χ0) is 20.9. The number of hydrogen-bond acceptors (Lipinski definition) is 7. The molecule has 1 aliphatic heterocycles. The summed E-state index contributed by atoms with van der Waals surface area (Å²) in [6.45, 7) is 4.33. The van der Waals surface area contributed by atoms with E-state index in [9.17, 15) is 14.7 Å². The van der Waals surface area contributed by atoms with Crippen molar-refractivity contribution in [3.8, 4) is 0 Å². The minimum atomic E-state index is -1.51. The molecule has 29 heavy (non-hydrogen) atoms. The second kappa shape index (κ2) is 12.9. The van der Waals surface area contributed by atoms with Crippen molar-refractivity contribution in [1.82, 2.24) is 0 Å². The lowest BCUT2D eigenvalue weighted by Crippen LogP contribution is -3.13. The molecular weight excluding hydrogens is 412 g/mol. The van der Waals surface area contributed by atoms with Crippen molar-refractivity contribution >= 4 is 40.3 Å². The molecule has 9 heteroatoms. The molecule has 2 aromatic rings. The van der Waals surface area contributed by atoms with Gasteiger partial charge in [-0.15, -0.1) is 0 Å². The molecule has 3 rings (SSSR count). The topological polar surface area (TPSA) is 103 Å². The fraction of sp³-hybridized carbons (Fsp3) is 0.350. The van der Waals surface area contributed by atoms with Gasteiger partial charge in [-0.1, -0.05) is 5.16 Å². The standard InChI is InChI=1S/C16H20N2OS2.C4H4O4/c1-2-6-18(7-3-1)8-9-19-17-16(14-4-10-20-12-14)15-5-11-21-13-15;5-3(6)1-2-4(7)8/h4-5,10-13H,1-3,6-9H2;1-2H,(H,5,6)(H,7,8)/b;2-1+. The highest BCUT2D eigenvalue weighted by atomic mass is 32.1. The molecule has 0 saturated carbocycles. The summed E-state index contributed by atoms with van der Waals surface area (Å²) in [5.74, 6) is -2.80. The van der Waals surface area contributed by atoms with E-state index in [1.807, 2.05) is 0 Å². The number of aliphatic carboxylic acids is 2. The first-order chi connectivity index (χ1) is 14.1. The Balaban J connectivity index is 0.000000321. The summed E-state index contributed by atoms with van der Waals surface area (Å²) in [4.78, 5) is 26.2. The molecule has 0 amide bonds. The van der Waals surface area contributed by atoms with Crippen LogP contribution in [-0.4, -0.2) is 49.0 Å². The molecule has 2 N–H and O–H groups in total. The summed E-state index contributed by atoms with van der Waals surface area (Å²) in [5, 5.41) is 30.0. The smallest absolute Gasteiger partial charge is 0.328 e. The molecule has 0 aliphatic carbocycles. The number of thiophene rings is 2. The van der Waals surface area contributed by atoms with Gasteiger partial charge in [-0.2, -0.15) is 22.7 Å². The van der Waals surface area contributed by atoms with Gasteiger partial charge in [0.15, 0.2) is 6.61 Å². The lowest BCUT2D eigenvalue weighted by Gasteiger charge is -2.22. The molecule has 0 unspecified atom stereocenters. The minimum absolute atomic E-state index is 0.447. The van der Waals surface area contributed by atoms with Crippen molar-refractivity contribution in [1.29, 1.82) is 0 Å². The van der Waals surface area contributed by atoms with Crippen LogP contribution in [0.1, 0.15) is 30.4 Å². The molecule has 156 valence electrons. The van der Waals surface area contributed by atoms with Crippen molar-refractivity contribution in [2.45, 2.75) is 19.3 Å². The number of hydrogen-bond donors (Lipinski definition) is 2. The lowest BCUT2D eigenvalue weighted by molar-refractivity contribution is -0.905. The predicted molar refractivity (Wildman–Crippen MR) is 111 cm³/mol. The molecule has 0 spiro atoms. The van der Waals surface area contributed by atoms with Crippen molar-refractivity contribution < 1.29 is 29.5 Å². The number of oxime groups is 1. The summed E-state index contributed by atoms with van der Waals surface area (Å²) in [6.07, 6.45) is 5.04. The van der Waals surface area contributed by atoms with Crippen molar-refractivity contribution in [3.05, 3.63) is 56.9 Å². The van der Waals surface area contributed by atoms with Crippen LogP contribution in [-0.2, 0) is 14.4 Å². The summed E-state index contributed by atoms with van der Waals surface area (Å²) in [7, 11) is 0. The number of carboxylic acid groups (broad SMARTS) is 2. The number of carboxylic acids is 2. The first kappa shape index (κ1) is 22.8. The number of nitrogens with one attached hydrogen (secondary N) is 1. The van der Waals surface area contributed by atoms with E-state index in [0.717, 1.165) is 23.4 Å². The SMILES string of the molecule is O=C([O-])/C=C/C(=O)O.c1cc(C(=NOCC[NH+]2CCCCC2)c2ccsc2)cs1. The fourth-order valence-corrected chi connectivity index (χ4v) is 4.09. The van der Waals surface area contributed by atoms with Crippen molar-refractivity contribution in [2.75, 3.05) is 26.2 Å². The first-order valence-electron chi connectivity index (χ1n) is 9.27. The molecule has 3 heterocycles. The number of carbonyl (C=O) groups is 2. The minimum Gasteiger partial charge on any atom is -0.545 e. The van der Waals surface area contributed by atoms with E-state index in [0.29, 0.717) is 18.8 Å². The van der Waals surface area contributed by atoms with Gasteiger partial charge in [0.05, 0.1) is 19.1 Å². The highest BCUT2D eigenvalue weighted by Crippen LogP contribution is 2.16. The first-order valence-corrected chi connectivity index (χ1v) is 11.2. The highest BCUT2D eigenvalue weighted by Gasteiger charge is 2.13. The maximum Gasteiger partial charge on any atom is 0.328 e. The average Bonchev–Trinajstić information content (AvgIpc) is 3.42. The second-order valence-corrected chi connectivity index (χ2v) is 7.91. The van der Waals surface area contributed by atoms with Crippen LogP contribution in [0.25, 0.3) is 0 Å². The number of likely N-dealkylation sites (tertiary alicyclic amines) is 1. The summed E-state index contributed by atoms with van der Waals surface area (Å²) < 4.78 is 0. The van der Waals surface area contributed by atoms with Crippen LogP contribution < -0.4 is 10.0 Å². The number of nitrogens with zero attached hydrogens (tertiary/aromatic N) is 1. The highest BCUT2D eigenvalue weighted by molar-refractivity contribution is 7.08. The largest absolute Gasteiger partial charge is 0.545 e. The predicted octanol–water partition coefficient (Wildman–Crippen LogP) is 1.02. The third-order valence-electron chi connectivity index (χ3n) is 4.21. The number of piperidine rings is 1. The maximum absolute atomic E-state index is 9.53. The molecule has 0 atom stereocenters. The number of carbonyl (C=O) groups excluding carboxylic acids is 1. The van der Waals surface area contributed by atoms with Gasteiger partial charge >= 0.3 is 5.97 Å². The van der Waals surface area contributed by atoms with Crippen LogP contribution in [0.3, 0.4) is 0 Å². The normalized spacial score (nSPS) is 14.1. The zero-order valence-corrected chi connectivity index (χ0v) is 17.5. The van der Waals surface area contributed by atoms with Gasteiger partial charge in [-0.05, 0) is 48.2 Å². The van der Waals surface area contributed by atoms with Gasteiger partial charge in [0.25, 0.3) is 0 Å². The van der Waals surface area contributed by atoms with E-state index in [-0.39, 0.29) is 0 Å². The molecule has 0 bridgehead atoms. The van der Waals surface area contributed by atoms with Gasteiger partial charge in [0.2, 0.25) is 0 Å². The Kier molecular flexibility index (Phi) is 10.1. The fourth-order valence-electron chi connectivity index (χ4n) is 2.81. The Morgan fingerprint density at radius 3 is 2.17 bits per heavy atom. The van der Waals surface area contributed by atoms with Crippen LogP contribution in [0.15, 0.2) is 51.0 Å². The van der Waals surface area contributed by atoms with Crippen LogP contribution in [0.5, 0.6) is 0 Å². The quantitative estimate of drug-likeness (QED) is 0.278. The second-order valence-electron chi connectivity index (χ2n) is 6.35. The van der Waals surface area contributed by atoms with E-state index >= 15 is 0 Å². The van der Waals surface area contributed by atoms with Gasteiger partial charge in [0.1, 0.15) is 12.3 Å². The Bertz CT molecular complexity index is 743. The van der Waals surface area contributed by atoms with E-state index in [1.165, 1.54) is 32.4 Å². The van der Waals surface area contributed by atoms with Gasteiger partial charge < -0.3 is 24.7 Å². The Labute approximate surface area is 177 Å². The molecule has 7 nitrogen and oxygen atoms in total. The Hall–Kier alpha value is -2.49. The van der Waals surface area contributed by atoms with Crippen molar-refractivity contribution in [2.24, 2.45) is 5.16 Å². The monoisotopic (exact) mass is 436 g/mol. The molecule has 0 radical (unpaired) electrons. The van der Waals surface area contributed by atoms with E-state index < -0.39 is 11.9 Å². The number of quaternary nitrogens is 1. The molecular formula is C20H24N2O5S2. The van der Waals surface area contributed by atoms with Crippen LogP contribution in [0.4, 0.5) is 0 Å². The zero-order valence-electron chi connectivity index (χ0n) is 15.9. The Morgan fingerprint density at radius 1 is 1.10 bits per heavy atom. The lowest BCUT2D eigenvalue weighted by atomic mass is 10.1. The average molecular weight is 437 g/mol. The Morgan fingerprint density at radius 2 is 1.72 bits per heavy atom. The third-order valence-corrected chi connectivity index (χ3v) is 5.58.